The quantitative estimate of drug-likeness (QED) is 0.534. The zero-order valence-corrected chi connectivity index (χ0v) is 17.1. The first-order valence-corrected chi connectivity index (χ1v) is 9.74. The standard InChI is InChI=1S/C22H17BrClNO3/c23-17-10-11-19(24)18(13-17)21(26)25-20(22(27)28)12-14-6-8-16(9-7-14)15-4-2-1-3-5-15/h1-11,13,20H,12H2,(H,25,26)(H,27,28). The Hall–Kier alpha value is -2.63. The van der Waals surface area contributed by atoms with Gasteiger partial charge in [0.15, 0.2) is 0 Å². The van der Waals surface area contributed by atoms with Crippen molar-refractivity contribution in [2.45, 2.75) is 12.5 Å². The van der Waals surface area contributed by atoms with Gasteiger partial charge in [-0.25, -0.2) is 4.79 Å². The molecule has 3 rings (SSSR count). The molecule has 0 fully saturated rings. The Labute approximate surface area is 176 Å². The van der Waals surface area contributed by atoms with Gasteiger partial charge in [-0.3, -0.25) is 4.79 Å². The fourth-order valence-corrected chi connectivity index (χ4v) is 3.37. The molecule has 0 saturated heterocycles. The number of hydrogen-bond acceptors (Lipinski definition) is 2. The highest BCUT2D eigenvalue weighted by Crippen LogP contribution is 2.22. The lowest BCUT2D eigenvalue weighted by molar-refractivity contribution is -0.139. The highest BCUT2D eigenvalue weighted by molar-refractivity contribution is 9.10. The van der Waals surface area contributed by atoms with Crippen molar-refractivity contribution in [3.05, 3.63) is 93.4 Å². The van der Waals surface area contributed by atoms with E-state index in [4.69, 9.17) is 11.6 Å². The summed E-state index contributed by atoms with van der Waals surface area (Å²) in [5.41, 5.74) is 3.16. The largest absolute Gasteiger partial charge is 0.480 e. The van der Waals surface area contributed by atoms with Crippen LogP contribution in [0.1, 0.15) is 15.9 Å². The highest BCUT2D eigenvalue weighted by Gasteiger charge is 2.22. The van der Waals surface area contributed by atoms with Crippen LogP contribution in [0.3, 0.4) is 0 Å². The third-order valence-electron chi connectivity index (χ3n) is 4.28. The number of carbonyl (C=O) groups excluding carboxylic acids is 1. The molecule has 2 N–H and O–H groups in total. The molecule has 0 heterocycles. The molecular formula is C22H17BrClNO3. The molecule has 1 atom stereocenters. The van der Waals surface area contributed by atoms with E-state index in [9.17, 15) is 14.7 Å². The van der Waals surface area contributed by atoms with Crippen molar-refractivity contribution in [1.82, 2.24) is 5.32 Å². The van der Waals surface area contributed by atoms with Crippen molar-refractivity contribution in [3.63, 3.8) is 0 Å². The fraction of sp³-hybridized carbons (Fsp3) is 0.0909. The molecule has 0 aliphatic carbocycles. The van der Waals surface area contributed by atoms with Gasteiger partial charge in [-0.05, 0) is 34.9 Å². The zero-order chi connectivity index (χ0) is 20.1. The minimum absolute atomic E-state index is 0.168. The van der Waals surface area contributed by atoms with E-state index in [1.54, 1.807) is 18.2 Å². The summed E-state index contributed by atoms with van der Waals surface area (Å²) < 4.78 is 0.686. The van der Waals surface area contributed by atoms with Crippen LogP contribution in [-0.2, 0) is 11.2 Å². The summed E-state index contributed by atoms with van der Waals surface area (Å²) in [5.74, 6) is -1.63. The first-order valence-electron chi connectivity index (χ1n) is 8.57. The Bertz CT molecular complexity index is 990. The summed E-state index contributed by atoms with van der Waals surface area (Å²) in [5, 5.41) is 12.3. The van der Waals surface area contributed by atoms with Gasteiger partial charge in [0.25, 0.3) is 5.91 Å². The normalized spacial score (nSPS) is 11.6. The third-order valence-corrected chi connectivity index (χ3v) is 5.10. The molecule has 4 nitrogen and oxygen atoms in total. The van der Waals surface area contributed by atoms with Crippen LogP contribution in [0, 0.1) is 0 Å². The van der Waals surface area contributed by atoms with Crippen molar-refractivity contribution in [2.24, 2.45) is 0 Å². The average Bonchev–Trinajstić information content (AvgIpc) is 2.70. The number of aliphatic carboxylic acids is 1. The fourth-order valence-electron chi connectivity index (χ4n) is 2.81. The molecule has 28 heavy (non-hydrogen) atoms. The van der Waals surface area contributed by atoms with Crippen molar-refractivity contribution < 1.29 is 14.7 Å². The van der Waals surface area contributed by atoms with Crippen LogP contribution in [0.4, 0.5) is 0 Å². The molecule has 1 unspecified atom stereocenters. The number of carboxylic acid groups (broad SMARTS) is 1. The second-order valence-corrected chi connectivity index (χ2v) is 7.58. The molecule has 0 radical (unpaired) electrons. The molecular weight excluding hydrogens is 442 g/mol. The lowest BCUT2D eigenvalue weighted by Gasteiger charge is -2.16. The van der Waals surface area contributed by atoms with Crippen LogP contribution in [0.2, 0.25) is 5.02 Å². The number of amides is 1. The molecule has 0 aliphatic rings. The van der Waals surface area contributed by atoms with E-state index in [2.05, 4.69) is 21.2 Å². The van der Waals surface area contributed by atoms with Gasteiger partial charge < -0.3 is 10.4 Å². The Morgan fingerprint density at radius 2 is 1.61 bits per heavy atom. The van der Waals surface area contributed by atoms with Gasteiger partial charge in [-0.15, -0.1) is 0 Å². The minimum atomic E-state index is -1.10. The van der Waals surface area contributed by atoms with Crippen molar-refractivity contribution >= 4 is 39.4 Å². The Kier molecular flexibility index (Phi) is 6.49. The monoisotopic (exact) mass is 457 g/mol. The molecule has 0 spiro atoms. The van der Waals surface area contributed by atoms with Crippen molar-refractivity contribution in [1.29, 1.82) is 0 Å². The van der Waals surface area contributed by atoms with E-state index in [0.717, 1.165) is 16.7 Å². The Balaban J connectivity index is 1.73. The average molecular weight is 459 g/mol. The van der Waals surface area contributed by atoms with Gasteiger partial charge in [-0.1, -0.05) is 82.1 Å². The smallest absolute Gasteiger partial charge is 0.326 e. The number of rotatable bonds is 6. The van der Waals surface area contributed by atoms with E-state index in [1.807, 2.05) is 54.6 Å². The number of halogens is 2. The lowest BCUT2D eigenvalue weighted by atomic mass is 10.0. The van der Waals surface area contributed by atoms with Crippen molar-refractivity contribution in [3.8, 4) is 11.1 Å². The topological polar surface area (TPSA) is 66.4 Å². The molecule has 0 aromatic heterocycles. The number of benzene rings is 3. The summed E-state index contributed by atoms with van der Waals surface area (Å²) in [6.45, 7) is 0. The number of hydrogen-bond donors (Lipinski definition) is 2. The maximum absolute atomic E-state index is 12.5. The van der Waals surface area contributed by atoms with E-state index in [0.29, 0.717) is 4.47 Å². The second-order valence-electron chi connectivity index (χ2n) is 6.26. The van der Waals surface area contributed by atoms with Gasteiger partial charge >= 0.3 is 5.97 Å². The van der Waals surface area contributed by atoms with Crippen molar-refractivity contribution in [2.75, 3.05) is 0 Å². The molecule has 0 aliphatic heterocycles. The van der Waals surface area contributed by atoms with Gasteiger partial charge in [0.05, 0.1) is 10.6 Å². The maximum atomic E-state index is 12.5. The van der Waals surface area contributed by atoms with E-state index in [1.165, 1.54) is 0 Å². The molecule has 0 bridgehead atoms. The second kappa shape index (κ2) is 9.04. The number of nitrogens with one attached hydrogen (secondary N) is 1. The highest BCUT2D eigenvalue weighted by atomic mass is 79.9. The molecule has 142 valence electrons. The molecule has 6 heteroatoms. The molecule has 0 saturated carbocycles. The van der Waals surface area contributed by atoms with Crippen LogP contribution in [-0.4, -0.2) is 23.0 Å². The Morgan fingerprint density at radius 3 is 2.25 bits per heavy atom. The summed E-state index contributed by atoms with van der Waals surface area (Å²) >= 11 is 9.35. The molecule has 3 aromatic carbocycles. The Morgan fingerprint density at radius 1 is 0.964 bits per heavy atom. The van der Waals surface area contributed by atoms with Gasteiger partial charge in [0.2, 0.25) is 0 Å². The first-order chi connectivity index (χ1) is 13.4. The van der Waals surface area contributed by atoms with Crippen LogP contribution in [0.25, 0.3) is 11.1 Å². The molecule has 1 amide bonds. The zero-order valence-electron chi connectivity index (χ0n) is 14.7. The number of carboxylic acids is 1. The van der Waals surface area contributed by atoms with E-state index in [-0.39, 0.29) is 17.0 Å². The van der Waals surface area contributed by atoms with Crippen LogP contribution in [0.5, 0.6) is 0 Å². The summed E-state index contributed by atoms with van der Waals surface area (Å²) in [4.78, 5) is 24.1. The third kappa shape index (κ3) is 5.00. The lowest BCUT2D eigenvalue weighted by Crippen LogP contribution is -2.42. The summed E-state index contributed by atoms with van der Waals surface area (Å²) in [6.07, 6.45) is 0.168. The van der Waals surface area contributed by atoms with Gasteiger partial charge in [0, 0.05) is 10.9 Å². The SMILES string of the molecule is O=C(NC(Cc1ccc(-c2ccccc2)cc1)C(=O)O)c1cc(Br)ccc1Cl. The van der Waals surface area contributed by atoms with E-state index < -0.39 is 17.9 Å². The number of carbonyl (C=O) groups is 2. The summed E-state index contributed by atoms with van der Waals surface area (Å²) in [6, 6.07) is 21.3. The van der Waals surface area contributed by atoms with Crippen LogP contribution >= 0.6 is 27.5 Å². The first kappa shape index (κ1) is 20.1. The molecule has 3 aromatic rings. The van der Waals surface area contributed by atoms with E-state index >= 15 is 0 Å². The van der Waals surface area contributed by atoms with Crippen LogP contribution in [0.15, 0.2) is 77.3 Å². The predicted octanol–water partition coefficient (Wildman–Crippen LogP) is 5.20. The van der Waals surface area contributed by atoms with Gasteiger partial charge in [0.1, 0.15) is 6.04 Å². The predicted molar refractivity (Wildman–Crippen MR) is 114 cm³/mol. The van der Waals surface area contributed by atoms with Gasteiger partial charge in [-0.2, -0.15) is 0 Å². The van der Waals surface area contributed by atoms with Crippen LogP contribution < -0.4 is 5.32 Å². The minimum Gasteiger partial charge on any atom is -0.480 e. The summed E-state index contributed by atoms with van der Waals surface area (Å²) in [7, 11) is 0. The maximum Gasteiger partial charge on any atom is 0.326 e.